The molecule has 3 aromatic heterocycles. The number of rotatable bonds is 4. The fourth-order valence-electron chi connectivity index (χ4n) is 5.24. The summed E-state index contributed by atoms with van der Waals surface area (Å²) >= 11 is 0. The fourth-order valence-corrected chi connectivity index (χ4v) is 5.24. The summed E-state index contributed by atoms with van der Waals surface area (Å²) in [5.74, 6) is 0.893. The highest BCUT2D eigenvalue weighted by molar-refractivity contribution is 5.98. The van der Waals surface area contributed by atoms with Gasteiger partial charge in [0.25, 0.3) is 5.91 Å². The third-order valence-corrected chi connectivity index (χ3v) is 7.01. The van der Waals surface area contributed by atoms with Gasteiger partial charge in [0.15, 0.2) is 5.82 Å². The summed E-state index contributed by atoms with van der Waals surface area (Å²) in [5, 5.41) is 5.50. The standard InChI is InChI=1S/C27H29N7O/c1-31-15-18(14-29-31)16-34-23-8-4-3-6-19(23)13-25(34)26-30-22-12-20(9-10-24(22)32(26)2)27(35)33-11-5-7-21(28)17-33/h3-4,6,8-10,12-15,21H,5,7,11,16-17,28H2,1-2H3/t21-/m1/s1. The van der Waals surface area contributed by atoms with Crippen molar-refractivity contribution in [2.75, 3.05) is 13.1 Å². The number of benzene rings is 2. The summed E-state index contributed by atoms with van der Waals surface area (Å²) in [4.78, 5) is 20.0. The molecule has 5 aromatic rings. The Morgan fingerprint density at radius 1 is 1.11 bits per heavy atom. The van der Waals surface area contributed by atoms with E-state index in [9.17, 15) is 4.79 Å². The monoisotopic (exact) mass is 467 g/mol. The summed E-state index contributed by atoms with van der Waals surface area (Å²) in [5.41, 5.74) is 11.9. The average molecular weight is 468 g/mol. The maximum atomic E-state index is 13.2. The molecule has 2 aromatic carbocycles. The number of carbonyl (C=O) groups excluding carboxylic acids is 1. The van der Waals surface area contributed by atoms with Crippen LogP contribution in [-0.2, 0) is 20.6 Å². The zero-order valence-electron chi connectivity index (χ0n) is 20.1. The molecular weight excluding hydrogens is 438 g/mol. The van der Waals surface area contributed by atoms with E-state index in [-0.39, 0.29) is 11.9 Å². The minimum atomic E-state index is 0.0277. The molecular formula is C27H29N7O. The lowest BCUT2D eigenvalue weighted by Gasteiger charge is -2.30. The van der Waals surface area contributed by atoms with Gasteiger partial charge in [-0.15, -0.1) is 0 Å². The second-order valence-electron chi connectivity index (χ2n) is 9.55. The van der Waals surface area contributed by atoms with Gasteiger partial charge in [-0.05, 0) is 43.2 Å². The number of amides is 1. The van der Waals surface area contributed by atoms with E-state index in [1.165, 1.54) is 0 Å². The van der Waals surface area contributed by atoms with Gasteiger partial charge in [-0.1, -0.05) is 18.2 Å². The Kier molecular flexibility index (Phi) is 5.18. The van der Waals surface area contributed by atoms with E-state index in [0.29, 0.717) is 18.7 Å². The smallest absolute Gasteiger partial charge is 0.253 e. The molecule has 0 bridgehead atoms. The van der Waals surface area contributed by atoms with Crippen LogP contribution in [0.2, 0.25) is 0 Å². The van der Waals surface area contributed by atoms with Crippen LogP contribution in [0.25, 0.3) is 33.5 Å². The molecule has 0 spiro atoms. The first-order valence-corrected chi connectivity index (χ1v) is 12.1. The van der Waals surface area contributed by atoms with Gasteiger partial charge in [-0.25, -0.2) is 4.98 Å². The lowest BCUT2D eigenvalue weighted by Crippen LogP contribution is -2.45. The molecule has 0 aliphatic carbocycles. The van der Waals surface area contributed by atoms with E-state index in [4.69, 9.17) is 10.7 Å². The van der Waals surface area contributed by atoms with Crippen LogP contribution in [0.1, 0.15) is 28.8 Å². The van der Waals surface area contributed by atoms with Crippen molar-refractivity contribution in [3.05, 3.63) is 72.1 Å². The first kappa shape index (κ1) is 21.6. The van der Waals surface area contributed by atoms with Gasteiger partial charge < -0.3 is 19.8 Å². The van der Waals surface area contributed by atoms with Crippen molar-refractivity contribution in [1.29, 1.82) is 0 Å². The van der Waals surface area contributed by atoms with Crippen LogP contribution in [0.3, 0.4) is 0 Å². The van der Waals surface area contributed by atoms with Gasteiger partial charge in [0.1, 0.15) is 0 Å². The van der Waals surface area contributed by atoms with Gasteiger partial charge in [0.2, 0.25) is 0 Å². The number of likely N-dealkylation sites (tertiary alicyclic amines) is 1. The van der Waals surface area contributed by atoms with E-state index in [1.807, 2.05) is 54.3 Å². The summed E-state index contributed by atoms with van der Waals surface area (Å²) < 4.78 is 6.21. The van der Waals surface area contributed by atoms with Gasteiger partial charge in [-0.2, -0.15) is 5.10 Å². The van der Waals surface area contributed by atoms with E-state index >= 15 is 0 Å². The van der Waals surface area contributed by atoms with Gasteiger partial charge >= 0.3 is 0 Å². The highest BCUT2D eigenvalue weighted by Crippen LogP contribution is 2.31. The molecule has 4 heterocycles. The highest BCUT2D eigenvalue weighted by Gasteiger charge is 2.24. The molecule has 0 saturated carbocycles. The summed E-state index contributed by atoms with van der Waals surface area (Å²) in [6, 6.07) is 16.4. The van der Waals surface area contributed by atoms with Crippen molar-refractivity contribution in [2.24, 2.45) is 19.8 Å². The Morgan fingerprint density at radius 2 is 1.97 bits per heavy atom. The number of fused-ring (bicyclic) bond motifs is 2. The van der Waals surface area contributed by atoms with Crippen molar-refractivity contribution >= 4 is 27.8 Å². The molecule has 1 aliphatic rings. The van der Waals surface area contributed by atoms with Crippen LogP contribution < -0.4 is 5.73 Å². The minimum absolute atomic E-state index is 0.0277. The second kappa shape index (κ2) is 8.39. The zero-order valence-corrected chi connectivity index (χ0v) is 20.1. The van der Waals surface area contributed by atoms with Crippen LogP contribution >= 0.6 is 0 Å². The Hall–Kier alpha value is -3.91. The molecule has 0 radical (unpaired) electrons. The third kappa shape index (κ3) is 3.80. The molecule has 0 unspecified atom stereocenters. The number of piperidine rings is 1. The number of nitrogens with two attached hydrogens (primary N) is 1. The normalized spacial score (nSPS) is 16.4. The van der Waals surface area contributed by atoms with E-state index in [0.717, 1.165) is 58.4 Å². The molecule has 1 amide bonds. The van der Waals surface area contributed by atoms with Crippen LogP contribution in [0.4, 0.5) is 0 Å². The Morgan fingerprint density at radius 3 is 2.77 bits per heavy atom. The van der Waals surface area contributed by atoms with E-state index in [2.05, 4.69) is 44.6 Å². The quantitative estimate of drug-likeness (QED) is 0.438. The number of para-hydroxylation sites is 1. The molecule has 8 nitrogen and oxygen atoms in total. The number of hydrogen-bond donors (Lipinski definition) is 1. The van der Waals surface area contributed by atoms with Crippen LogP contribution in [0, 0.1) is 0 Å². The number of nitrogens with zero attached hydrogens (tertiary/aromatic N) is 6. The van der Waals surface area contributed by atoms with Crippen molar-refractivity contribution in [3.8, 4) is 11.5 Å². The first-order chi connectivity index (χ1) is 17.0. The predicted molar refractivity (Wildman–Crippen MR) is 137 cm³/mol. The van der Waals surface area contributed by atoms with Crippen LogP contribution in [-0.4, -0.2) is 53.8 Å². The highest BCUT2D eigenvalue weighted by atomic mass is 16.2. The van der Waals surface area contributed by atoms with Crippen molar-refractivity contribution < 1.29 is 4.79 Å². The molecule has 2 N–H and O–H groups in total. The Bertz CT molecular complexity index is 1560. The van der Waals surface area contributed by atoms with Crippen molar-refractivity contribution in [2.45, 2.75) is 25.4 Å². The minimum Gasteiger partial charge on any atom is -0.337 e. The zero-order chi connectivity index (χ0) is 24.1. The SMILES string of the molecule is Cn1cc(Cn2c(-c3nc4cc(C(=O)N5CCC[C@@H](N)C5)ccc4n3C)cc3ccccc32)cn1. The van der Waals surface area contributed by atoms with E-state index in [1.54, 1.807) is 0 Å². The molecule has 35 heavy (non-hydrogen) atoms. The summed E-state index contributed by atoms with van der Waals surface area (Å²) in [7, 11) is 3.96. The largest absolute Gasteiger partial charge is 0.337 e. The molecule has 8 heteroatoms. The lowest BCUT2D eigenvalue weighted by atomic mass is 10.1. The molecule has 1 fully saturated rings. The number of hydrogen-bond acceptors (Lipinski definition) is 4. The van der Waals surface area contributed by atoms with E-state index < -0.39 is 0 Å². The Labute approximate surface area is 203 Å². The second-order valence-corrected chi connectivity index (χ2v) is 9.55. The van der Waals surface area contributed by atoms with Crippen LogP contribution in [0.15, 0.2) is 60.9 Å². The third-order valence-electron chi connectivity index (χ3n) is 7.01. The fraction of sp³-hybridized carbons (Fsp3) is 0.296. The van der Waals surface area contributed by atoms with Crippen LogP contribution in [0.5, 0.6) is 0 Å². The van der Waals surface area contributed by atoms with Crippen molar-refractivity contribution in [1.82, 2.24) is 28.8 Å². The molecule has 1 atom stereocenters. The Balaban J connectivity index is 1.43. The van der Waals surface area contributed by atoms with Gasteiger partial charge in [0.05, 0.1) is 29.5 Å². The number of aromatic nitrogens is 5. The molecule has 6 rings (SSSR count). The van der Waals surface area contributed by atoms with Crippen molar-refractivity contribution in [3.63, 3.8) is 0 Å². The number of imidazole rings is 1. The number of carbonyl (C=O) groups is 1. The maximum Gasteiger partial charge on any atom is 0.253 e. The van der Waals surface area contributed by atoms with Gasteiger partial charge in [0, 0.05) is 61.5 Å². The topological polar surface area (TPSA) is 86.9 Å². The maximum absolute atomic E-state index is 13.2. The molecule has 1 aliphatic heterocycles. The summed E-state index contributed by atoms with van der Waals surface area (Å²) in [6.07, 6.45) is 5.86. The van der Waals surface area contributed by atoms with Gasteiger partial charge in [-0.3, -0.25) is 9.48 Å². The molecule has 178 valence electrons. The average Bonchev–Trinajstić information content (AvgIpc) is 3.54. The first-order valence-electron chi connectivity index (χ1n) is 12.1. The lowest BCUT2D eigenvalue weighted by molar-refractivity contribution is 0.0709. The predicted octanol–water partition coefficient (Wildman–Crippen LogP) is 3.54. The molecule has 1 saturated heterocycles. The summed E-state index contributed by atoms with van der Waals surface area (Å²) in [6.45, 7) is 2.06. The number of aryl methyl sites for hydroxylation is 2.